The Balaban J connectivity index is 1.84. The molecule has 0 amide bonds. The molecule has 0 aromatic heterocycles. The fraction of sp³-hybridized carbons (Fsp3) is 0.625. The summed E-state index contributed by atoms with van der Waals surface area (Å²) in [6.45, 7) is 2.30. The molecule has 0 N–H and O–H groups in total. The second-order valence-electron chi connectivity index (χ2n) is 5.41. The van der Waals surface area contributed by atoms with Crippen LogP contribution in [0, 0.1) is 9.49 Å². The van der Waals surface area contributed by atoms with Crippen LogP contribution in [-0.4, -0.2) is 0 Å². The van der Waals surface area contributed by atoms with Gasteiger partial charge in [-0.05, 0) is 77.8 Å². The molecule has 94 valence electrons. The van der Waals surface area contributed by atoms with Crippen LogP contribution in [0.5, 0.6) is 0 Å². The van der Waals surface area contributed by atoms with Crippen LogP contribution in [0.4, 0.5) is 0 Å². The van der Waals surface area contributed by atoms with Crippen molar-refractivity contribution in [2.75, 3.05) is 0 Å². The fourth-order valence-corrected chi connectivity index (χ4v) is 3.37. The van der Waals surface area contributed by atoms with E-state index < -0.39 is 0 Å². The molecule has 0 atom stereocenters. The van der Waals surface area contributed by atoms with Crippen molar-refractivity contribution >= 4 is 22.6 Å². The molecule has 1 aliphatic rings. The topological polar surface area (TPSA) is 0 Å². The molecular weight excluding hydrogens is 319 g/mol. The molecule has 1 aliphatic carbocycles. The molecule has 1 saturated carbocycles. The summed E-state index contributed by atoms with van der Waals surface area (Å²) in [6.07, 6.45) is 9.99. The minimum atomic E-state index is 0.838. The van der Waals surface area contributed by atoms with Crippen LogP contribution in [-0.2, 0) is 0 Å². The minimum Gasteiger partial charge on any atom is -0.0654 e. The molecule has 1 fully saturated rings. The van der Waals surface area contributed by atoms with Gasteiger partial charge in [-0.25, -0.2) is 0 Å². The largest absolute Gasteiger partial charge is 0.0654 e. The number of hydrogen-bond donors (Lipinski definition) is 0. The van der Waals surface area contributed by atoms with Gasteiger partial charge in [0.05, 0.1) is 0 Å². The maximum absolute atomic E-state index is 2.39. The van der Waals surface area contributed by atoms with Gasteiger partial charge < -0.3 is 0 Å². The first-order valence-corrected chi connectivity index (χ1v) is 8.13. The highest BCUT2D eigenvalue weighted by Crippen LogP contribution is 2.37. The summed E-state index contributed by atoms with van der Waals surface area (Å²) in [7, 11) is 0. The molecule has 1 aromatic rings. The first kappa shape index (κ1) is 13.4. The average molecular weight is 342 g/mol. The number of halogens is 1. The normalized spacial score (nSPS) is 24.8. The Morgan fingerprint density at radius 3 is 2.29 bits per heavy atom. The molecule has 0 nitrogen and oxygen atoms in total. The molecule has 0 saturated heterocycles. The quantitative estimate of drug-likeness (QED) is 0.611. The Morgan fingerprint density at radius 2 is 1.71 bits per heavy atom. The fourth-order valence-electron chi connectivity index (χ4n) is 3.01. The van der Waals surface area contributed by atoms with Crippen molar-refractivity contribution in [3.63, 3.8) is 0 Å². The van der Waals surface area contributed by atoms with E-state index in [2.05, 4.69) is 53.8 Å². The van der Waals surface area contributed by atoms with Crippen molar-refractivity contribution in [1.29, 1.82) is 0 Å². The third-order valence-electron chi connectivity index (χ3n) is 4.15. The molecule has 1 heteroatoms. The maximum Gasteiger partial charge on any atom is 0.0130 e. The Hall–Kier alpha value is -0.0500. The van der Waals surface area contributed by atoms with E-state index in [0.717, 1.165) is 11.8 Å². The predicted octanol–water partition coefficient (Wildman–Crippen LogP) is 5.76. The van der Waals surface area contributed by atoms with Gasteiger partial charge in [0.2, 0.25) is 0 Å². The van der Waals surface area contributed by atoms with E-state index >= 15 is 0 Å². The molecule has 0 bridgehead atoms. The monoisotopic (exact) mass is 342 g/mol. The van der Waals surface area contributed by atoms with Gasteiger partial charge in [0.1, 0.15) is 0 Å². The van der Waals surface area contributed by atoms with Crippen LogP contribution in [0.3, 0.4) is 0 Å². The van der Waals surface area contributed by atoms with Crippen molar-refractivity contribution in [2.24, 2.45) is 5.92 Å². The lowest BCUT2D eigenvalue weighted by Gasteiger charge is -2.28. The Labute approximate surface area is 119 Å². The van der Waals surface area contributed by atoms with Gasteiger partial charge in [-0.2, -0.15) is 0 Å². The summed E-state index contributed by atoms with van der Waals surface area (Å²) in [4.78, 5) is 0. The van der Waals surface area contributed by atoms with Gasteiger partial charge in [0.25, 0.3) is 0 Å². The van der Waals surface area contributed by atoms with Gasteiger partial charge in [0.15, 0.2) is 0 Å². The second kappa shape index (κ2) is 6.77. The lowest BCUT2D eigenvalue weighted by atomic mass is 9.77. The van der Waals surface area contributed by atoms with E-state index in [0.29, 0.717) is 0 Å². The molecule has 0 heterocycles. The molecule has 17 heavy (non-hydrogen) atoms. The van der Waals surface area contributed by atoms with Crippen molar-refractivity contribution in [2.45, 2.75) is 57.8 Å². The van der Waals surface area contributed by atoms with Crippen LogP contribution >= 0.6 is 22.6 Å². The summed E-state index contributed by atoms with van der Waals surface area (Å²) < 4.78 is 1.35. The predicted molar refractivity (Wildman–Crippen MR) is 83.4 cm³/mol. The number of benzene rings is 1. The molecule has 0 unspecified atom stereocenters. The van der Waals surface area contributed by atoms with Crippen LogP contribution in [0.15, 0.2) is 24.3 Å². The second-order valence-corrected chi connectivity index (χ2v) is 6.66. The summed E-state index contributed by atoms with van der Waals surface area (Å²) in [5.74, 6) is 1.86. The van der Waals surface area contributed by atoms with Crippen LogP contribution in [0.2, 0.25) is 0 Å². The highest BCUT2D eigenvalue weighted by atomic mass is 127. The lowest BCUT2D eigenvalue weighted by Crippen LogP contribution is -2.13. The Kier molecular flexibility index (Phi) is 5.33. The van der Waals surface area contributed by atoms with Gasteiger partial charge in [-0.15, -0.1) is 0 Å². The van der Waals surface area contributed by atoms with E-state index in [4.69, 9.17) is 0 Å². The minimum absolute atomic E-state index is 0.838. The first-order valence-electron chi connectivity index (χ1n) is 7.05. The van der Waals surface area contributed by atoms with E-state index in [9.17, 15) is 0 Å². The Morgan fingerprint density at radius 1 is 1.06 bits per heavy atom. The molecule has 0 radical (unpaired) electrons. The van der Waals surface area contributed by atoms with E-state index in [1.165, 1.54) is 48.5 Å². The molecule has 1 aromatic carbocycles. The van der Waals surface area contributed by atoms with E-state index in [1.54, 1.807) is 5.56 Å². The highest BCUT2D eigenvalue weighted by Gasteiger charge is 2.21. The van der Waals surface area contributed by atoms with E-state index in [1.807, 2.05) is 0 Å². The van der Waals surface area contributed by atoms with Crippen LogP contribution < -0.4 is 0 Å². The molecule has 2 rings (SSSR count). The van der Waals surface area contributed by atoms with Crippen LogP contribution in [0.1, 0.15) is 63.4 Å². The third-order valence-corrected chi connectivity index (χ3v) is 4.87. The zero-order chi connectivity index (χ0) is 12.1. The number of hydrogen-bond acceptors (Lipinski definition) is 0. The number of unbranched alkanes of at least 4 members (excludes halogenated alkanes) is 1. The van der Waals surface area contributed by atoms with E-state index in [-0.39, 0.29) is 0 Å². The summed E-state index contributed by atoms with van der Waals surface area (Å²) in [5, 5.41) is 0. The lowest BCUT2D eigenvalue weighted by molar-refractivity contribution is 0.304. The highest BCUT2D eigenvalue weighted by molar-refractivity contribution is 14.1. The smallest absolute Gasteiger partial charge is 0.0130 e. The van der Waals surface area contributed by atoms with Crippen LogP contribution in [0.25, 0.3) is 0 Å². The first-order chi connectivity index (χ1) is 8.29. The summed E-state index contributed by atoms with van der Waals surface area (Å²) >= 11 is 2.39. The zero-order valence-corrected chi connectivity index (χ0v) is 12.9. The molecule has 0 spiro atoms. The van der Waals surface area contributed by atoms with Crippen molar-refractivity contribution in [1.82, 2.24) is 0 Å². The SMILES string of the molecule is CCCCC1CCC(c2ccc(I)cc2)CC1. The average Bonchev–Trinajstić information content (AvgIpc) is 2.38. The summed E-state index contributed by atoms with van der Waals surface area (Å²) in [6, 6.07) is 9.16. The van der Waals surface area contributed by atoms with Gasteiger partial charge in [0, 0.05) is 3.57 Å². The van der Waals surface area contributed by atoms with Crippen molar-refractivity contribution in [3.05, 3.63) is 33.4 Å². The standard InChI is InChI=1S/C16H23I/c1-2-3-4-13-5-7-14(8-6-13)15-9-11-16(17)12-10-15/h9-14H,2-8H2,1H3. The summed E-state index contributed by atoms with van der Waals surface area (Å²) in [5.41, 5.74) is 1.57. The molecular formula is C16H23I. The zero-order valence-electron chi connectivity index (χ0n) is 10.8. The Bertz CT molecular complexity index is 320. The van der Waals surface area contributed by atoms with Gasteiger partial charge in [-0.1, -0.05) is 38.3 Å². The molecule has 0 aliphatic heterocycles. The number of rotatable bonds is 4. The van der Waals surface area contributed by atoms with Gasteiger partial charge >= 0.3 is 0 Å². The van der Waals surface area contributed by atoms with Crippen molar-refractivity contribution in [3.8, 4) is 0 Å². The van der Waals surface area contributed by atoms with Gasteiger partial charge in [-0.3, -0.25) is 0 Å². The maximum atomic E-state index is 2.39. The third kappa shape index (κ3) is 3.97. The van der Waals surface area contributed by atoms with Crippen molar-refractivity contribution < 1.29 is 0 Å².